The molecule has 35 heavy (non-hydrogen) atoms. The van der Waals surface area contributed by atoms with Gasteiger partial charge >= 0.3 is 6.18 Å². The number of halogens is 3. The van der Waals surface area contributed by atoms with Crippen LogP contribution in [0.15, 0.2) is 54.6 Å². The lowest BCUT2D eigenvalue weighted by atomic mass is 9.72. The lowest BCUT2D eigenvalue weighted by molar-refractivity contribution is -0.137. The topological polar surface area (TPSA) is 67.5 Å². The Morgan fingerprint density at radius 1 is 1.03 bits per heavy atom. The van der Waals surface area contributed by atoms with Gasteiger partial charge in [-0.05, 0) is 86.0 Å². The third-order valence-electron chi connectivity index (χ3n) is 8.74. The average molecular weight is 489 g/mol. The maximum Gasteiger partial charge on any atom is 0.416 e. The summed E-state index contributed by atoms with van der Waals surface area (Å²) in [7, 11) is 0. The van der Waals surface area contributed by atoms with Gasteiger partial charge in [-0.2, -0.15) is 13.2 Å². The van der Waals surface area contributed by atoms with E-state index in [0.29, 0.717) is 24.3 Å². The van der Waals surface area contributed by atoms with E-state index in [1.165, 1.54) is 43.4 Å². The summed E-state index contributed by atoms with van der Waals surface area (Å²) in [5, 5.41) is 13.7. The van der Waals surface area contributed by atoms with Crippen molar-refractivity contribution in [2.75, 3.05) is 13.2 Å². The van der Waals surface area contributed by atoms with Gasteiger partial charge in [-0.25, -0.2) is 0 Å². The molecule has 0 radical (unpaired) electrons. The van der Waals surface area contributed by atoms with Crippen molar-refractivity contribution in [1.82, 2.24) is 5.32 Å². The van der Waals surface area contributed by atoms with Crippen LogP contribution in [0.1, 0.15) is 55.6 Å². The van der Waals surface area contributed by atoms with Crippen molar-refractivity contribution in [3.05, 3.63) is 65.7 Å². The number of aliphatic hydroxyl groups excluding tert-OH is 1. The van der Waals surface area contributed by atoms with Gasteiger partial charge in [-0.15, -0.1) is 0 Å². The summed E-state index contributed by atoms with van der Waals surface area (Å²) in [4.78, 5) is 0. The molecule has 3 fully saturated rings. The second-order valence-corrected chi connectivity index (χ2v) is 10.7. The minimum absolute atomic E-state index is 0.0352. The van der Waals surface area contributed by atoms with E-state index >= 15 is 0 Å². The van der Waals surface area contributed by atoms with Gasteiger partial charge < -0.3 is 15.6 Å². The molecule has 0 amide bonds. The Kier molecular flexibility index (Phi) is 6.85. The van der Waals surface area contributed by atoms with E-state index in [9.17, 15) is 18.3 Å². The van der Waals surface area contributed by atoms with E-state index in [2.05, 4.69) is 35.6 Å². The number of hydrogen-bond acceptors (Lipinski definition) is 4. The summed E-state index contributed by atoms with van der Waals surface area (Å²) >= 11 is 0. The molecule has 0 aliphatic heterocycles. The Hall–Kier alpha value is -2.09. The van der Waals surface area contributed by atoms with Crippen molar-refractivity contribution >= 4 is 0 Å². The number of nitrogens with two attached hydrogens (primary N) is 1. The number of alkyl halides is 3. The van der Waals surface area contributed by atoms with Gasteiger partial charge in [0.05, 0.1) is 5.56 Å². The molecule has 7 heteroatoms. The predicted molar refractivity (Wildman–Crippen MR) is 129 cm³/mol. The molecule has 3 saturated carbocycles. The van der Waals surface area contributed by atoms with E-state index in [-0.39, 0.29) is 23.8 Å². The molecule has 2 unspecified atom stereocenters. The fourth-order valence-electron chi connectivity index (χ4n) is 6.88. The zero-order valence-electron chi connectivity index (χ0n) is 19.9. The van der Waals surface area contributed by atoms with Crippen molar-refractivity contribution in [2.45, 2.75) is 62.4 Å². The average Bonchev–Trinajstić information content (AvgIpc) is 3.27. The zero-order chi connectivity index (χ0) is 24.6. The molecule has 0 saturated heterocycles. The molecule has 3 aliphatic carbocycles. The van der Waals surface area contributed by atoms with Crippen molar-refractivity contribution in [3.8, 4) is 5.75 Å². The number of aliphatic hydroxyl groups is 1. The number of nitrogens with one attached hydrogen (secondary N) is 1. The van der Waals surface area contributed by atoms with E-state index in [0.717, 1.165) is 30.9 Å². The van der Waals surface area contributed by atoms with Crippen LogP contribution in [0.25, 0.3) is 0 Å². The molecule has 3 aliphatic rings. The fraction of sp³-hybridized carbons (Fsp3) is 0.571. The monoisotopic (exact) mass is 488 g/mol. The summed E-state index contributed by atoms with van der Waals surface area (Å²) in [5.74, 6) is 2.59. The van der Waals surface area contributed by atoms with Gasteiger partial charge in [0.25, 0.3) is 0 Å². The molecule has 0 bridgehead atoms. The Morgan fingerprint density at radius 2 is 1.77 bits per heavy atom. The highest BCUT2D eigenvalue weighted by molar-refractivity contribution is 5.30. The Bertz CT molecular complexity index is 993. The third kappa shape index (κ3) is 5.23. The summed E-state index contributed by atoms with van der Waals surface area (Å²) in [6.45, 7) is 0.504. The lowest BCUT2D eigenvalue weighted by Crippen LogP contribution is -2.40. The van der Waals surface area contributed by atoms with Crippen molar-refractivity contribution in [2.24, 2.45) is 29.4 Å². The van der Waals surface area contributed by atoms with Gasteiger partial charge in [-0.3, -0.25) is 5.32 Å². The highest BCUT2D eigenvalue weighted by atomic mass is 19.4. The van der Waals surface area contributed by atoms with Gasteiger partial charge in [0.1, 0.15) is 18.6 Å². The van der Waals surface area contributed by atoms with Crippen LogP contribution in [-0.4, -0.2) is 30.0 Å². The van der Waals surface area contributed by atoms with Crippen molar-refractivity contribution in [1.29, 1.82) is 0 Å². The Labute approximate surface area is 205 Å². The zero-order valence-corrected chi connectivity index (χ0v) is 19.9. The number of rotatable bonds is 8. The highest BCUT2D eigenvalue weighted by Crippen LogP contribution is 2.64. The molecule has 0 aromatic heterocycles. The number of ether oxygens (including phenoxy) is 1. The van der Waals surface area contributed by atoms with Gasteiger partial charge in [0, 0.05) is 18.0 Å². The quantitative estimate of drug-likeness (QED) is 0.348. The SMILES string of the molecule is N[C@]12CC(C3CCC(c4ccccc4)CC3)C[C@H]1[C@@H]2C(O)NCCOc1cccc(C(F)(F)F)c1. The number of fused-ring (bicyclic) bond motifs is 1. The number of benzene rings is 2. The van der Waals surface area contributed by atoms with Crippen LogP contribution in [0.4, 0.5) is 13.2 Å². The van der Waals surface area contributed by atoms with E-state index in [1.54, 1.807) is 0 Å². The van der Waals surface area contributed by atoms with Crippen molar-refractivity contribution in [3.63, 3.8) is 0 Å². The smallest absolute Gasteiger partial charge is 0.416 e. The maximum atomic E-state index is 12.8. The molecule has 5 atom stereocenters. The van der Waals surface area contributed by atoms with Gasteiger partial charge in [-0.1, -0.05) is 36.4 Å². The summed E-state index contributed by atoms with van der Waals surface area (Å²) in [5.41, 5.74) is 7.16. The fourth-order valence-corrected chi connectivity index (χ4v) is 6.88. The first-order valence-electron chi connectivity index (χ1n) is 12.8. The van der Waals surface area contributed by atoms with Crippen LogP contribution in [-0.2, 0) is 6.18 Å². The minimum atomic E-state index is -4.40. The molecule has 0 spiro atoms. The first-order valence-corrected chi connectivity index (χ1v) is 12.8. The molecule has 2 aromatic rings. The highest BCUT2D eigenvalue weighted by Gasteiger charge is 2.69. The minimum Gasteiger partial charge on any atom is -0.492 e. The second-order valence-electron chi connectivity index (χ2n) is 10.7. The molecule has 4 N–H and O–H groups in total. The molecule has 4 nitrogen and oxygen atoms in total. The van der Waals surface area contributed by atoms with Crippen molar-refractivity contribution < 1.29 is 23.0 Å². The molecular weight excluding hydrogens is 453 g/mol. The molecule has 5 rings (SSSR count). The Balaban J connectivity index is 1.04. The van der Waals surface area contributed by atoms with Crippen LogP contribution < -0.4 is 15.8 Å². The Morgan fingerprint density at radius 3 is 2.43 bits per heavy atom. The first-order chi connectivity index (χ1) is 16.8. The standard InChI is InChI=1S/C28H35F3N2O2/c29-28(30,31)22-7-4-8-23(16-22)35-14-13-33-26(34)25-24-15-21(17-27(24,25)32)20-11-9-19(10-12-20)18-5-2-1-3-6-18/h1-8,16,19-21,24-26,33-34H,9-15,17,32H2/t19?,20?,21?,24-,25+,26?,27+/m0/s1. The van der Waals surface area contributed by atoms with Gasteiger partial charge in [0.15, 0.2) is 0 Å². The van der Waals surface area contributed by atoms with E-state index in [4.69, 9.17) is 10.5 Å². The molecule has 0 heterocycles. The normalized spacial score (nSPS) is 33.2. The lowest BCUT2D eigenvalue weighted by Gasteiger charge is -2.34. The van der Waals surface area contributed by atoms with Crippen LogP contribution in [0.2, 0.25) is 0 Å². The number of hydrogen-bond donors (Lipinski definition) is 3. The largest absolute Gasteiger partial charge is 0.492 e. The summed E-state index contributed by atoms with van der Waals surface area (Å²) in [6, 6.07) is 15.6. The van der Waals surface area contributed by atoms with E-state index < -0.39 is 18.0 Å². The molecule has 2 aromatic carbocycles. The molecule has 190 valence electrons. The predicted octanol–water partition coefficient (Wildman–Crippen LogP) is 5.32. The van der Waals surface area contributed by atoms with Crippen LogP contribution in [0.5, 0.6) is 5.75 Å². The van der Waals surface area contributed by atoms with Crippen LogP contribution in [0, 0.1) is 23.7 Å². The second kappa shape index (κ2) is 9.75. The summed E-state index contributed by atoms with van der Waals surface area (Å²) < 4.78 is 43.9. The van der Waals surface area contributed by atoms with Crippen LogP contribution in [0.3, 0.4) is 0 Å². The summed E-state index contributed by atoms with van der Waals surface area (Å²) in [6.07, 6.45) is 1.94. The van der Waals surface area contributed by atoms with Crippen LogP contribution >= 0.6 is 0 Å². The maximum absolute atomic E-state index is 12.8. The van der Waals surface area contributed by atoms with Gasteiger partial charge in [0.2, 0.25) is 0 Å². The third-order valence-corrected chi connectivity index (χ3v) is 8.74. The van der Waals surface area contributed by atoms with E-state index in [1.807, 2.05) is 0 Å². The first kappa shape index (κ1) is 24.6. The molecular formula is C28H35F3N2O2.